The summed E-state index contributed by atoms with van der Waals surface area (Å²) in [5, 5.41) is 4.05. The maximum Gasteiger partial charge on any atom is 0.276 e. The van der Waals surface area contributed by atoms with E-state index in [9.17, 15) is 4.79 Å². The van der Waals surface area contributed by atoms with Crippen LogP contribution in [0.2, 0.25) is 5.02 Å². The van der Waals surface area contributed by atoms with Crippen LogP contribution in [0.3, 0.4) is 0 Å². The SMILES string of the molecule is O=C(c1cc(NCc2ccccc2Cl)ccn1)N1CCCc2ccccc21. The molecule has 0 aliphatic carbocycles. The second kappa shape index (κ2) is 7.80. The van der Waals surface area contributed by atoms with Gasteiger partial charge in [-0.3, -0.25) is 9.78 Å². The number of amides is 1. The van der Waals surface area contributed by atoms with Crippen molar-refractivity contribution in [3.8, 4) is 0 Å². The number of para-hydroxylation sites is 1. The van der Waals surface area contributed by atoms with E-state index < -0.39 is 0 Å². The normalized spacial score (nSPS) is 13.1. The molecule has 4 nitrogen and oxygen atoms in total. The molecule has 2 heterocycles. The Balaban J connectivity index is 1.53. The number of rotatable bonds is 4. The number of benzene rings is 2. The first-order chi connectivity index (χ1) is 13.2. The van der Waals surface area contributed by atoms with Crippen molar-refractivity contribution in [2.24, 2.45) is 0 Å². The number of aromatic nitrogens is 1. The van der Waals surface area contributed by atoms with Crippen molar-refractivity contribution < 1.29 is 4.79 Å². The van der Waals surface area contributed by atoms with Gasteiger partial charge in [0.05, 0.1) is 0 Å². The van der Waals surface area contributed by atoms with Crippen LogP contribution < -0.4 is 10.2 Å². The van der Waals surface area contributed by atoms with Crippen LogP contribution in [0, 0.1) is 0 Å². The average molecular weight is 378 g/mol. The fourth-order valence-corrected chi connectivity index (χ4v) is 3.58. The molecule has 0 fully saturated rings. The molecular weight excluding hydrogens is 358 g/mol. The molecule has 2 aromatic carbocycles. The highest BCUT2D eigenvalue weighted by atomic mass is 35.5. The molecule has 4 rings (SSSR count). The number of hydrogen-bond donors (Lipinski definition) is 1. The monoisotopic (exact) mass is 377 g/mol. The van der Waals surface area contributed by atoms with Gasteiger partial charge in [-0.1, -0.05) is 48.0 Å². The molecule has 3 aromatic rings. The average Bonchev–Trinajstić information content (AvgIpc) is 2.72. The number of carbonyl (C=O) groups excluding carboxylic acids is 1. The molecule has 1 aliphatic rings. The molecule has 0 saturated heterocycles. The first-order valence-corrected chi connectivity index (χ1v) is 9.43. The van der Waals surface area contributed by atoms with Crippen LogP contribution in [0.5, 0.6) is 0 Å². The number of aryl methyl sites for hydroxylation is 1. The molecule has 1 aliphatic heterocycles. The molecule has 0 unspecified atom stereocenters. The van der Waals surface area contributed by atoms with Crippen molar-refractivity contribution in [3.63, 3.8) is 0 Å². The van der Waals surface area contributed by atoms with Crippen LogP contribution in [0.1, 0.15) is 28.0 Å². The summed E-state index contributed by atoms with van der Waals surface area (Å²) in [4.78, 5) is 19.2. The summed E-state index contributed by atoms with van der Waals surface area (Å²) < 4.78 is 0. The van der Waals surface area contributed by atoms with Gasteiger partial charge in [0, 0.05) is 35.7 Å². The highest BCUT2D eigenvalue weighted by Crippen LogP contribution is 2.28. The lowest BCUT2D eigenvalue weighted by molar-refractivity contribution is 0.0980. The number of nitrogens with zero attached hydrogens (tertiary/aromatic N) is 2. The second-order valence-electron chi connectivity index (χ2n) is 6.56. The van der Waals surface area contributed by atoms with Gasteiger partial charge in [-0.25, -0.2) is 0 Å². The lowest BCUT2D eigenvalue weighted by Crippen LogP contribution is -2.35. The lowest BCUT2D eigenvalue weighted by Gasteiger charge is -2.29. The van der Waals surface area contributed by atoms with Crippen molar-refractivity contribution >= 4 is 28.9 Å². The summed E-state index contributed by atoms with van der Waals surface area (Å²) in [6.45, 7) is 1.30. The number of anilines is 2. The Morgan fingerprint density at radius 3 is 2.81 bits per heavy atom. The number of fused-ring (bicyclic) bond motifs is 1. The maximum absolute atomic E-state index is 13.1. The molecule has 0 saturated carbocycles. The van der Waals surface area contributed by atoms with Gasteiger partial charge in [0.25, 0.3) is 5.91 Å². The van der Waals surface area contributed by atoms with Crippen LogP contribution in [0.15, 0.2) is 66.9 Å². The van der Waals surface area contributed by atoms with Gasteiger partial charge in [-0.05, 0) is 48.2 Å². The Kier molecular flexibility index (Phi) is 5.07. The van der Waals surface area contributed by atoms with Crippen LogP contribution in [-0.4, -0.2) is 17.4 Å². The molecule has 0 spiro atoms. The van der Waals surface area contributed by atoms with Gasteiger partial charge in [0.15, 0.2) is 0 Å². The molecule has 1 amide bonds. The highest BCUT2D eigenvalue weighted by molar-refractivity contribution is 6.31. The number of halogens is 1. The Bertz CT molecular complexity index is 973. The molecule has 1 aromatic heterocycles. The van der Waals surface area contributed by atoms with E-state index in [0.29, 0.717) is 12.2 Å². The van der Waals surface area contributed by atoms with E-state index in [2.05, 4.69) is 16.4 Å². The first-order valence-electron chi connectivity index (χ1n) is 9.05. The summed E-state index contributed by atoms with van der Waals surface area (Å²) in [5.74, 6) is -0.0662. The van der Waals surface area contributed by atoms with Gasteiger partial charge in [0.2, 0.25) is 0 Å². The number of pyridine rings is 1. The van der Waals surface area contributed by atoms with E-state index in [0.717, 1.165) is 41.3 Å². The highest BCUT2D eigenvalue weighted by Gasteiger charge is 2.24. The smallest absolute Gasteiger partial charge is 0.276 e. The molecule has 5 heteroatoms. The Morgan fingerprint density at radius 2 is 1.93 bits per heavy atom. The Morgan fingerprint density at radius 1 is 1.11 bits per heavy atom. The zero-order valence-electron chi connectivity index (χ0n) is 14.9. The van der Waals surface area contributed by atoms with Gasteiger partial charge in [0.1, 0.15) is 5.69 Å². The largest absolute Gasteiger partial charge is 0.381 e. The van der Waals surface area contributed by atoms with Crippen LogP contribution in [-0.2, 0) is 13.0 Å². The zero-order chi connectivity index (χ0) is 18.6. The summed E-state index contributed by atoms with van der Waals surface area (Å²) >= 11 is 6.21. The van der Waals surface area contributed by atoms with Gasteiger partial charge < -0.3 is 10.2 Å². The predicted octanol–water partition coefficient (Wildman–Crippen LogP) is 4.94. The van der Waals surface area contributed by atoms with E-state index in [4.69, 9.17) is 11.6 Å². The lowest BCUT2D eigenvalue weighted by atomic mass is 10.0. The summed E-state index contributed by atoms with van der Waals surface area (Å²) in [7, 11) is 0. The molecule has 1 N–H and O–H groups in total. The summed E-state index contributed by atoms with van der Waals surface area (Å²) in [5.41, 5.74) is 4.50. The van der Waals surface area contributed by atoms with Crippen molar-refractivity contribution in [1.82, 2.24) is 4.98 Å². The molecule has 0 radical (unpaired) electrons. The van der Waals surface area contributed by atoms with Crippen molar-refractivity contribution in [2.75, 3.05) is 16.8 Å². The van der Waals surface area contributed by atoms with Crippen LogP contribution >= 0.6 is 11.6 Å². The van der Waals surface area contributed by atoms with Gasteiger partial charge in [-0.2, -0.15) is 0 Å². The van der Waals surface area contributed by atoms with Crippen molar-refractivity contribution in [1.29, 1.82) is 0 Å². The standard InChI is InChI=1S/C22H20ClN3O/c23-19-9-3-1-7-17(19)15-25-18-11-12-24-20(14-18)22(27)26-13-5-8-16-6-2-4-10-21(16)26/h1-4,6-7,9-12,14H,5,8,13,15H2,(H,24,25). The third kappa shape index (κ3) is 3.81. The zero-order valence-corrected chi connectivity index (χ0v) is 15.6. The molecule has 27 heavy (non-hydrogen) atoms. The molecule has 136 valence electrons. The molecule has 0 atom stereocenters. The third-order valence-electron chi connectivity index (χ3n) is 4.78. The van der Waals surface area contributed by atoms with E-state index in [-0.39, 0.29) is 5.91 Å². The minimum atomic E-state index is -0.0662. The Labute approximate surface area is 163 Å². The fraction of sp³-hybridized carbons (Fsp3) is 0.182. The molecular formula is C22H20ClN3O. The van der Waals surface area contributed by atoms with E-state index in [1.54, 1.807) is 12.3 Å². The summed E-state index contributed by atoms with van der Waals surface area (Å²) in [6, 6.07) is 19.5. The van der Waals surface area contributed by atoms with Crippen molar-refractivity contribution in [2.45, 2.75) is 19.4 Å². The van der Waals surface area contributed by atoms with Crippen molar-refractivity contribution in [3.05, 3.63) is 88.7 Å². The number of hydrogen-bond acceptors (Lipinski definition) is 3. The topological polar surface area (TPSA) is 45.2 Å². The summed E-state index contributed by atoms with van der Waals surface area (Å²) in [6.07, 6.45) is 3.64. The first kappa shape index (κ1) is 17.6. The second-order valence-corrected chi connectivity index (χ2v) is 6.97. The maximum atomic E-state index is 13.1. The number of nitrogens with one attached hydrogen (secondary N) is 1. The minimum absolute atomic E-state index is 0.0662. The van der Waals surface area contributed by atoms with E-state index in [1.165, 1.54) is 5.56 Å². The fourth-order valence-electron chi connectivity index (χ4n) is 3.38. The minimum Gasteiger partial charge on any atom is -0.381 e. The molecule has 0 bridgehead atoms. The van der Waals surface area contributed by atoms with Gasteiger partial charge in [-0.15, -0.1) is 0 Å². The Hall–Kier alpha value is -2.85. The van der Waals surface area contributed by atoms with E-state index in [1.807, 2.05) is 53.4 Å². The number of carbonyl (C=O) groups is 1. The predicted molar refractivity (Wildman–Crippen MR) is 109 cm³/mol. The van der Waals surface area contributed by atoms with Crippen LogP contribution in [0.25, 0.3) is 0 Å². The van der Waals surface area contributed by atoms with Crippen LogP contribution in [0.4, 0.5) is 11.4 Å². The quantitative estimate of drug-likeness (QED) is 0.700. The third-order valence-corrected chi connectivity index (χ3v) is 5.14. The van der Waals surface area contributed by atoms with E-state index >= 15 is 0 Å². The van der Waals surface area contributed by atoms with Gasteiger partial charge >= 0.3 is 0 Å².